The third kappa shape index (κ3) is 4.29. The van der Waals surface area contributed by atoms with Crippen LogP contribution in [-0.2, 0) is 0 Å². The van der Waals surface area contributed by atoms with Crippen LogP contribution in [0.4, 0.5) is 0 Å². The molecule has 0 fully saturated rings. The Morgan fingerprint density at radius 2 is 1.00 bits per heavy atom. The lowest BCUT2D eigenvalue weighted by atomic mass is 9.69. The van der Waals surface area contributed by atoms with Gasteiger partial charge in [-0.25, -0.2) is 0 Å². The van der Waals surface area contributed by atoms with Crippen LogP contribution in [0.15, 0.2) is 72.8 Å². The van der Waals surface area contributed by atoms with Crippen molar-refractivity contribution in [3.05, 3.63) is 95.1 Å². The lowest BCUT2D eigenvalue weighted by Crippen LogP contribution is -2.45. The minimum atomic E-state index is -1.30. The third-order valence-electron chi connectivity index (χ3n) is 7.44. The van der Waals surface area contributed by atoms with Gasteiger partial charge in [-0.3, -0.25) is 9.59 Å². The summed E-state index contributed by atoms with van der Waals surface area (Å²) in [5, 5.41) is 51.4. The van der Waals surface area contributed by atoms with Gasteiger partial charge in [0, 0.05) is 24.3 Å². The summed E-state index contributed by atoms with van der Waals surface area (Å²) in [6.07, 6.45) is -2.23. The summed E-state index contributed by atoms with van der Waals surface area (Å²) >= 11 is 0. The molecular formula is C31H24O10. The number of phenolic OH excluding ortho intramolecular Hbond substituents is 5. The minimum absolute atomic E-state index is 0.0324. The van der Waals surface area contributed by atoms with Crippen molar-refractivity contribution in [3.63, 3.8) is 0 Å². The molecule has 5 N–H and O–H groups in total. The van der Waals surface area contributed by atoms with Crippen LogP contribution in [0, 0.1) is 11.8 Å². The van der Waals surface area contributed by atoms with E-state index < -0.39 is 47.1 Å². The van der Waals surface area contributed by atoms with Gasteiger partial charge in [-0.2, -0.15) is 0 Å². The highest BCUT2D eigenvalue weighted by molar-refractivity contribution is 6.11. The molecule has 4 aromatic carbocycles. The third-order valence-corrected chi connectivity index (χ3v) is 7.44. The predicted octanol–water partition coefficient (Wildman–Crippen LogP) is 4.79. The van der Waals surface area contributed by atoms with E-state index >= 15 is 0 Å². The molecule has 0 aliphatic carbocycles. The molecular weight excluding hydrogens is 532 g/mol. The van der Waals surface area contributed by atoms with E-state index in [9.17, 15) is 35.1 Å². The molecule has 0 bridgehead atoms. The molecule has 4 aromatic rings. The number of carbonyl (C=O) groups excluding carboxylic acids is 2. The molecule has 0 amide bonds. The van der Waals surface area contributed by atoms with E-state index in [1.807, 2.05) is 0 Å². The zero-order chi connectivity index (χ0) is 29.0. The Kier molecular flexibility index (Phi) is 6.10. The number of benzene rings is 4. The Balaban J connectivity index is 1.58. The Morgan fingerprint density at radius 3 is 1.41 bits per heavy atom. The number of fused-ring (bicyclic) bond motifs is 2. The van der Waals surface area contributed by atoms with E-state index in [1.54, 1.807) is 24.3 Å². The highest BCUT2D eigenvalue weighted by Gasteiger charge is 2.53. The number of hydrogen-bond donors (Lipinski definition) is 5. The molecule has 208 valence electrons. The van der Waals surface area contributed by atoms with Gasteiger partial charge in [-0.1, -0.05) is 24.3 Å². The maximum Gasteiger partial charge on any atom is 0.178 e. The standard InChI is InChI=1S/C31H24O10/c1-39-19-8-4-15(5-9-19)31-27(29(38)25-21(36)11-18(34)13-23(25)41-31)26-28(37)24-20(35)10-17(33)12-22(24)40-30(26)14-2-6-16(32)7-3-14/h2-13,26-27,30-36H,1H3/t26-,27-,30+,31-/m1/s1. The average Bonchev–Trinajstić information content (AvgIpc) is 2.93. The van der Waals surface area contributed by atoms with Crippen molar-refractivity contribution in [1.82, 2.24) is 0 Å². The summed E-state index contributed by atoms with van der Waals surface area (Å²) in [6, 6.07) is 17.0. The van der Waals surface area contributed by atoms with E-state index in [2.05, 4.69) is 0 Å². The fourth-order valence-electron chi connectivity index (χ4n) is 5.59. The first-order valence-electron chi connectivity index (χ1n) is 12.6. The molecule has 0 saturated carbocycles. The SMILES string of the molecule is COc1ccc([C@H]2Oc3cc(O)cc(O)c3C(=O)[C@H]2[C@@H]2C(=O)c3c(O)cc(O)cc3O[C@H]2c2ccc(O)cc2)cc1. The molecule has 0 radical (unpaired) electrons. The molecule has 2 heterocycles. The predicted molar refractivity (Wildman–Crippen MR) is 143 cm³/mol. The van der Waals surface area contributed by atoms with Gasteiger partial charge in [-0.05, 0) is 35.4 Å². The average molecular weight is 557 g/mol. The van der Waals surface area contributed by atoms with Crippen LogP contribution in [0.1, 0.15) is 44.1 Å². The monoisotopic (exact) mass is 556 g/mol. The first kappa shape index (κ1) is 25.9. The van der Waals surface area contributed by atoms with Crippen LogP contribution in [0.25, 0.3) is 0 Å². The van der Waals surface area contributed by atoms with Crippen LogP contribution in [0.2, 0.25) is 0 Å². The van der Waals surface area contributed by atoms with Gasteiger partial charge in [0.1, 0.15) is 69.3 Å². The molecule has 2 aliphatic rings. The normalized spacial score (nSPS) is 21.3. The maximum absolute atomic E-state index is 14.3. The lowest BCUT2D eigenvalue weighted by Gasteiger charge is -2.42. The summed E-state index contributed by atoms with van der Waals surface area (Å²) in [4.78, 5) is 28.6. The fraction of sp³-hybridized carbons (Fsp3) is 0.161. The number of methoxy groups -OCH3 is 1. The molecule has 10 heteroatoms. The van der Waals surface area contributed by atoms with E-state index in [4.69, 9.17) is 14.2 Å². The number of phenols is 5. The summed E-state index contributed by atoms with van der Waals surface area (Å²) in [5.74, 6) is -5.23. The summed E-state index contributed by atoms with van der Waals surface area (Å²) in [7, 11) is 1.50. The van der Waals surface area contributed by atoms with E-state index in [-0.39, 0.29) is 39.9 Å². The summed E-state index contributed by atoms with van der Waals surface area (Å²) in [5.41, 5.74) is 0.493. The highest BCUT2D eigenvalue weighted by atomic mass is 16.5. The first-order chi connectivity index (χ1) is 19.7. The van der Waals surface area contributed by atoms with E-state index in [0.29, 0.717) is 16.9 Å². The largest absolute Gasteiger partial charge is 0.508 e. The van der Waals surface area contributed by atoms with Gasteiger partial charge in [0.05, 0.1) is 18.9 Å². The van der Waals surface area contributed by atoms with Crippen molar-refractivity contribution in [2.75, 3.05) is 7.11 Å². The van der Waals surface area contributed by atoms with E-state index in [1.165, 1.54) is 43.5 Å². The smallest absolute Gasteiger partial charge is 0.178 e. The van der Waals surface area contributed by atoms with Crippen molar-refractivity contribution < 1.29 is 49.3 Å². The zero-order valence-electron chi connectivity index (χ0n) is 21.5. The molecule has 41 heavy (non-hydrogen) atoms. The van der Waals surface area contributed by atoms with Crippen molar-refractivity contribution in [3.8, 4) is 46.0 Å². The maximum atomic E-state index is 14.3. The Hall–Kier alpha value is -5.38. The van der Waals surface area contributed by atoms with Crippen LogP contribution >= 0.6 is 0 Å². The topological polar surface area (TPSA) is 163 Å². The van der Waals surface area contributed by atoms with Gasteiger partial charge in [0.25, 0.3) is 0 Å². The Labute approximate surface area is 233 Å². The molecule has 6 rings (SSSR count). The second kappa shape index (κ2) is 9.67. The van der Waals surface area contributed by atoms with Crippen molar-refractivity contribution in [2.45, 2.75) is 12.2 Å². The molecule has 0 saturated heterocycles. The molecule has 0 spiro atoms. The first-order valence-corrected chi connectivity index (χ1v) is 12.6. The van der Waals surface area contributed by atoms with Crippen LogP contribution in [0.3, 0.4) is 0 Å². The van der Waals surface area contributed by atoms with Gasteiger partial charge >= 0.3 is 0 Å². The molecule has 0 aromatic heterocycles. The van der Waals surface area contributed by atoms with Crippen molar-refractivity contribution in [1.29, 1.82) is 0 Å². The second-order valence-corrected chi connectivity index (χ2v) is 9.90. The van der Waals surface area contributed by atoms with Crippen molar-refractivity contribution >= 4 is 11.6 Å². The van der Waals surface area contributed by atoms with Gasteiger partial charge in [-0.15, -0.1) is 0 Å². The van der Waals surface area contributed by atoms with Gasteiger partial charge < -0.3 is 39.7 Å². The van der Waals surface area contributed by atoms with Crippen LogP contribution in [0.5, 0.6) is 46.0 Å². The molecule has 2 aliphatic heterocycles. The Bertz CT molecular complexity index is 1680. The van der Waals surface area contributed by atoms with Gasteiger partial charge in [0.15, 0.2) is 11.6 Å². The Morgan fingerprint density at radius 1 is 0.585 bits per heavy atom. The summed E-state index contributed by atoms with van der Waals surface area (Å²) in [6.45, 7) is 0. The number of aromatic hydroxyl groups is 5. The molecule has 10 nitrogen and oxygen atoms in total. The number of Topliss-reactive ketones (excluding diaryl/α,β-unsaturated/α-hetero) is 2. The number of ketones is 2. The van der Waals surface area contributed by atoms with E-state index in [0.717, 1.165) is 12.1 Å². The number of carbonyl (C=O) groups is 2. The quantitative estimate of drug-likeness (QED) is 0.236. The summed E-state index contributed by atoms with van der Waals surface area (Å²) < 4.78 is 17.7. The molecule has 4 atom stereocenters. The van der Waals surface area contributed by atoms with Crippen LogP contribution in [-0.4, -0.2) is 44.2 Å². The number of rotatable bonds is 4. The lowest BCUT2D eigenvalue weighted by molar-refractivity contribution is 0.0129. The molecule has 0 unspecified atom stereocenters. The van der Waals surface area contributed by atoms with Crippen LogP contribution < -0.4 is 14.2 Å². The van der Waals surface area contributed by atoms with Crippen molar-refractivity contribution in [2.24, 2.45) is 11.8 Å². The minimum Gasteiger partial charge on any atom is -0.508 e. The number of hydrogen-bond acceptors (Lipinski definition) is 10. The zero-order valence-corrected chi connectivity index (χ0v) is 21.5. The second-order valence-electron chi connectivity index (χ2n) is 9.90. The fourth-order valence-corrected chi connectivity index (χ4v) is 5.59. The van der Waals surface area contributed by atoms with Gasteiger partial charge in [0.2, 0.25) is 0 Å². The highest BCUT2D eigenvalue weighted by Crippen LogP contribution is 2.53. The number of ether oxygens (including phenoxy) is 3.